The number of ketones is 3. The molecule has 3 aromatic rings. The predicted molar refractivity (Wildman–Crippen MR) is 109 cm³/mol. The van der Waals surface area contributed by atoms with Crippen LogP contribution in [0.25, 0.3) is 0 Å². The highest BCUT2D eigenvalue weighted by Crippen LogP contribution is 2.37. The molecule has 1 aliphatic carbocycles. The molecule has 0 saturated heterocycles. The van der Waals surface area contributed by atoms with Crippen LogP contribution in [0.2, 0.25) is 0 Å². The van der Waals surface area contributed by atoms with Crippen LogP contribution in [-0.2, 0) is 0 Å². The van der Waals surface area contributed by atoms with Crippen LogP contribution >= 0.6 is 31.9 Å². The average molecular weight is 485 g/mol. The van der Waals surface area contributed by atoms with Gasteiger partial charge in [-0.3, -0.25) is 14.4 Å². The Labute approximate surface area is 171 Å². The Morgan fingerprint density at radius 3 is 2.15 bits per heavy atom. The van der Waals surface area contributed by atoms with E-state index in [4.69, 9.17) is 5.73 Å². The minimum absolute atomic E-state index is 0.0113. The topological polar surface area (TPSA) is 77.2 Å². The minimum Gasteiger partial charge on any atom is -0.397 e. The van der Waals surface area contributed by atoms with Crippen molar-refractivity contribution in [1.82, 2.24) is 0 Å². The van der Waals surface area contributed by atoms with E-state index in [1.54, 1.807) is 48.5 Å². The number of halogens is 2. The number of fused-ring (bicyclic) bond motifs is 2. The lowest BCUT2D eigenvalue weighted by Crippen LogP contribution is -2.24. The van der Waals surface area contributed by atoms with Gasteiger partial charge >= 0.3 is 0 Å². The fourth-order valence-electron chi connectivity index (χ4n) is 3.26. The number of carbonyl (C=O) groups excluding carboxylic acids is 3. The molecule has 2 N–H and O–H groups in total. The number of rotatable bonds is 2. The first kappa shape index (κ1) is 17.8. The lowest BCUT2D eigenvalue weighted by molar-refractivity contribution is 0.0979. The van der Waals surface area contributed by atoms with Crippen molar-refractivity contribution in [2.75, 3.05) is 5.73 Å². The maximum Gasteiger partial charge on any atom is 0.196 e. The highest BCUT2D eigenvalue weighted by molar-refractivity contribution is 9.10. The summed E-state index contributed by atoms with van der Waals surface area (Å²) < 4.78 is 1.13. The quantitative estimate of drug-likeness (QED) is 0.327. The van der Waals surface area contributed by atoms with Crippen LogP contribution in [0, 0.1) is 0 Å². The van der Waals surface area contributed by atoms with Crippen molar-refractivity contribution in [3.8, 4) is 0 Å². The van der Waals surface area contributed by atoms with Crippen LogP contribution in [0.3, 0.4) is 0 Å². The Bertz CT molecular complexity index is 1170. The number of nitrogens with two attached hydrogens (primary N) is 1. The Balaban J connectivity index is 1.95. The van der Waals surface area contributed by atoms with Crippen molar-refractivity contribution in [2.45, 2.75) is 0 Å². The van der Waals surface area contributed by atoms with E-state index in [-0.39, 0.29) is 39.7 Å². The van der Waals surface area contributed by atoms with Crippen molar-refractivity contribution < 1.29 is 14.4 Å². The van der Waals surface area contributed by atoms with Gasteiger partial charge in [-0.15, -0.1) is 0 Å². The van der Waals surface area contributed by atoms with E-state index >= 15 is 0 Å². The number of hydrogen-bond acceptors (Lipinski definition) is 4. The van der Waals surface area contributed by atoms with Gasteiger partial charge in [0, 0.05) is 31.2 Å². The number of anilines is 1. The van der Waals surface area contributed by atoms with Gasteiger partial charge in [0.15, 0.2) is 17.3 Å². The first-order chi connectivity index (χ1) is 12.9. The molecule has 4 nitrogen and oxygen atoms in total. The maximum absolute atomic E-state index is 13.0. The van der Waals surface area contributed by atoms with Crippen LogP contribution in [0.15, 0.2) is 63.5 Å². The number of nitrogen functional groups attached to an aromatic ring is 1. The summed E-state index contributed by atoms with van der Waals surface area (Å²) in [6.45, 7) is 0. The molecule has 0 aromatic heterocycles. The third kappa shape index (κ3) is 2.76. The van der Waals surface area contributed by atoms with Gasteiger partial charge in [0.25, 0.3) is 0 Å². The summed E-state index contributed by atoms with van der Waals surface area (Å²) in [5.74, 6) is -0.967. The monoisotopic (exact) mass is 483 g/mol. The number of hydrogen-bond donors (Lipinski definition) is 1. The van der Waals surface area contributed by atoms with Gasteiger partial charge in [0.1, 0.15) is 0 Å². The number of carbonyl (C=O) groups is 3. The lowest BCUT2D eigenvalue weighted by Gasteiger charge is -2.21. The van der Waals surface area contributed by atoms with E-state index < -0.39 is 0 Å². The predicted octanol–water partition coefficient (Wildman–Crippen LogP) is 4.80. The smallest absolute Gasteiger partial charge is 0.196 e. The Hall–Kier alpha value is -2.57. The molecule has 0 spiro atoms. The zero-order chi connectivity index (χ0) is 19.3. The van der Waals surface area contributed by atoms with Crippen molar-refractivity contribution in [1.29, 1.82) is 0 Å². The Morgan fingerprint density at radius 1 is 0.815 bits per heavy atom. The molecule has 3 aromatic carbocycles. The van der Waals surface area contributed by atoms with Gasteiger partial charge in [-0.25, -0.2) is 0 Å². The van der Waals surface area contributed by atoms with Crippen LogP contribution < -0.4 is 5.73 Å². The zero-order valence-corrected chi connectivity index (χ0v) is 16.9. The molecule has 0 bridgehead atoms. The molecule has 0 aliphatic heterocycles. The minimum atomic E-state index is -0.353. The summed E-state index contributed by atoms with van der Waals surface area (Å²) >= 11 is 6.70. The Kier molecular flexibility index (Phi) is 4.32. The number of benzene rings is 3. The summed E-state index contributed by atoms with van der Waals surface area (Å²) in [7, 11) is 0. The second kappa shape index (κ2) is 6.55. The Morgan fingerprint density at radius 2 is 1.48 bits per heavy atom. The van der Waals surface area contributed by atoms with E-state index in [1.165, 1.54) is 6.07 Å². The molecular formula is C21H11Br2NO3. The highest BCUT2D eigenvalue weighted by atomic mass is 79.9. The van der Waals surface area contributed by atoms with Gasteiger partial charge in [-0.2, -0.15) is 0 Å². The van der Waals surface area contributed by atoms with Gasteiger partial charge in [-0.05, 0) is 34.1 Å². The normalized spacial score (nSPS) is 12.5. The first-order valence-corrected chi connectivity index (χ1v) is 9.59. The van der Waals surface area contributed by atoms with Crippen molar-refractivity contribution in [3.05, 3.63) is 96.9 Å². The molecule has 0 saturated carbocycles. The lowest BCUT2D eigenvalue weighted by atomic mass is 9.81. The van der Waals surface area contributed by atoms with Crippen molar-refractivity contribution in [3.63, 3.8) is 0 Å². The van der Waals surface area contributed by atoms with Gasteiger partial charge in [-0.1, -0.05) is 52.3 Å². The molecule has 0 radical (unpaired) electrons. The standard InChI is InChI=1S/C21H11Br2NO3/c22-11-5-3-4-10(8-11)19(25)17-15(23)9-14-16(18(17)24)21(27)13-7-2-1-6-12(13)20(14)26/h1-9H,24H2. The second-order valence-corrected chi connectivity index (χ2v) is 7.88. The van der Waals surface area contributed by atoms with E-state index in [0.717, 1.165) is 4.47 Å². The summed E-state index contributed by atoms with van der Waals surface area (Å²) in [6.07, 6.45) is 0. The van der Waals surface area contributed by atoms with Gasteiger partial charge < -0.3 is 5.73 Å². The fraction of sp³-hybridized carbons (Fsp3) is 0. The molecule has 0 fully saturated rings. The molecular weight excluding hydrogens is 474 g/mol. The van der Waals surface area contributed by atoms with E-state index in [9.17, 15) is 14.4 Å². The molecule has 0 heterocycles. The zero-order valence-electron chi connectivity index (χ0n) is 13.8. The van der Waals surface area contributed by atoms with Crippen LogP contribution in [0.5, 0.6) is 0 Å². The van der Waals surface area contributed by atoms with Gasteiger partial charge in [0.05, 0.1) is 16.8 Å². The second-order valence-electron chi connectivity index (χ2n) is 6.11. The van der Waals surface area contributed by atoms with Gasteiger partial charge in [0.2, 0.25) is 0 Å². The van der Waals surface area contributed by atoms with Crippen LogP contribution in [0.4, 0.5) is 5.69 Å². The molecule has 27 heavy (non-hydrogen) atoms. The molecule has 0 unspecified atom stereocenters. The summed E-state index contributed by atoms with van der Waals surface area (Å²) in [6, 6.07) is 15.0. The van der Waals surface area contributed by atoms with E-state index in [2.05, 4.69) is 31.9 Å². The largest absolute Gasteiger partial charge is 0.397 e. The van der Waals surface area contributed by atoms with Crippen LogP contribution in [0.1, 0.15) is 47.8 Å². The maximum atomic E-state index is 13.0. The molecule has 132 valence electrons. The average Bonchev–Trinajstić information content (AvgIpc) is 2.65. The van der Waals surface area contributed by atoms with E-state index in [1.807, 2.05) is 0 Å². The summed E-state index contributed by atoms with van der Waals surface area (Å²) in [4.78, 5) is 38.9. The molecule has 0 atom stereocenters. The molecule has 1 aliphatic rings. The SMILES string of the molecule is Nc1c(C(=O)c2cccc(Br)c2)c(Br)cc2c1C(=O)c1ccccc1C2=O. The molecule has 0 amide bonds. The van der Waals surface area contributed by atoms with Crippen molar-refractivity contribution >= 4 is 54.9 Å². The third-order valence-electron chi connectivity index (χ3n) is 4.52. The third-order valence-corrected chi connectivity index (χ3v) is 5.64. The summed E-state index contributed by atoms with van der Waals surface area (Å²) in [5, 5.41) is 0. The fourth-order valence-corrected chi connectivity index (χ4v) is 4.28. The first-order valence-electron chi connectivity index (χ1n) is 8.01. The summed E-state index contributed by atoms with van der Waals surface area (Å²) in [5.41, 5.74) is 7.79. The van der Waals surface area contributed by atoms with Crippen LogP contribution in [-0.4, -0.2) is 17.3 Å². The van der Waals surface area contributed by atoms with E-state index in [0.29, 0.717) is 21.2 Å². The molecule has 4 rings (SSSR count). The molecule has 6 heteroatoms. The van der Waals surface area contributed by atoms with Crippen molar-refractivity contribution in [2.24, 2.45) is 0 Å². The highest BCUT2D eigenvalue weighted by Gasteiger charge is 2.34.